The highest BCUT2D eigenvalue weighted by molar-refractivity contribution is 7.13. The van der Waals surface area contributed by atoms with Crippen LogP contribution in [-0.2, 0) is 24.0 Å². The molecule has 0 spiro atoms. The lowest BCUT2D eigenvalue weighted by atomic mass is 10.1. The summed E-state index contributed by atoms with van der Waals surface area (Å²) in [6, 6.07) is -2.23. The van der Waals surface area contributed by atoms with Gasteiger partial charge in [-0.05, 0) is 27.7 Å². The molecule has 0 radical (unpaired) electrons. The number of esters is 1. The molecule has 1 aromatic rings. The molecule has 0 saturated heterocycles. The predicted molar refractivity (Wildman–Crippen MR) is 98.1 cm³/mol. The number of carbonyl (C=O) groups excluding carboxylic acids is 2. The summed E-state index contributed by atoms with van der Waals surface area (Å²) in [5.74, 6) is -2.90. The molecular weight excluding hydrogens is 378 g/mol. The Kier molecular flexibility index (Phi) is 7.67. The third-order valence-corrected chi connectivity index (χ3v) is 3.86. The minimum Gasteiger partial charge on any atom is -0.480 e. The van der Waals surface area contributed by atoms with Gasteiger partial charge in [0.25, 0.3) is 5.91 Å². The summed E-state index contributed by atoms with van der Waals surface area (Å²) in [6.45, 7) is 6.01. The summed E-state index contributed by atoms with van der Waals surface area (Å²) >= 11 is 1.05. The van der Waals surface area contributed by atoms with Crippen molar-refractivity contribution >= 4 is 40.0 Å². The number of rotatable bonds is 9. The third-order valence-electron chi connectivity index (χ3n) is 3.19. The minimum absolute atomic E-state index is 0.0588. The van der Waals surface area contributed by atoms with Crippen molar-refractivity contribution in [1.29, 1.82) is 0 Å². The third kappa shape index (κ3) is 6.18. The van der Waals surface area contributed by atoms with Gasteiger partial charge in [0, 0.05) is 11.4 Å². The highest BCUT2D eigenvalue weighted by Gasteiger charge is 2.34. The number of oxime groups is 1. The molecule has 11 nitrogen and oxygen atoms in total. The molecule has 1 rings (SSSR count). The van der Waals surface area contributed by atoms with Gasteiger partial charge in [-0.15, -0.1) is 11.3 Å². The number of hydrogen-bond acceptors (Lipinski definition) is 10. The number of nitrogens with two attached hydrogens (primary N) is 2. The number of aromatic nitrogens is 1. The molecule has 0 aliphatic rings. The van der Waals surface area contributed by atoms with Crippen LogP contribution < -0.4 is 16.8 Å². The van der Waals surface area contributed by atoms with Crippen LogP contribution in [0.1, 0.15) is 33.4 Å². The maximum absolute atomic E-state index is 12.6. The van der Waals surface area contributed by atoms with Crippen LogP contribution in [0.5, 0.6) is 0 Å². The number of ether oxygens (including phenoxy) is 1. The second-order valence-corrected chi connectivity index (χ2v) is 6.87. The van der Waals surface area contributed by atoms with Crippen molar-refractivity contribution in [3.8, 4) is 0 Å². The first-order chi connectivity index (χ1) is 12.5. The van der Waals surface area contributed by atoms with E-state index >= 15 is 0 Å². The number of anilines is 1. The van der Waals surface area contributed by atoms with Gasteiger partial charge in [0.05, 0.1) is 6.61 Å². The molecule has 1 amide bonds. The van der Waals surface area contributed by atoms with Gasteiger partial charge in [0.15, 0.2) is 10.8 Å². The molecular formula is C15H23N5O6S. The fraction of sp³-hybridized carbons (Fsp3) is 0.533. The Labute approximate surface area is 159 Å². The first-order valence-electron chi connectivity index (χ1n) is 7.93. The van der Waals surface area contributed by atoms with Crippen molar-refractivity contribution in [2.75, 3.05) is 12.3 Å². The average Bonchev–Trinajstić information content (AvgIpc) is 2.98. The second kappa shape index (κ2) is 9.28. The average molecular weight is 401 g/mol. The molecule has 0 aliphatic carbocycles. The lowest BCUT2D eigenvalue weighted by molar-refractivity contribution is -0.167. The number of nitrogen functional groups attached to an aromatic ring is 1. The summed E-state index contributed by atoms with van der Waals surface area (Å²) < 4.78 is 4.88. The molecule has 1 aromatic heterocycles. The van der Waals surface area contributed by atoms with Crippen LogP contribution in [0.2, 0.25) is 0 Å². The van der Waals surface area contributed by atoms with Crippen molar-refractivity contribution in [3.63, 3.8) is 0 Å². The number of aliphatic carboxylic acids is 1. The van der Waals surface area contributed by atoms with E-state index in [1.54, 1.807) is 6.92 Å². The Balaban J connectivity index is 3.16. The van der Waals surface area contributed by atoms with Gasteiger partial charge in [-0.2, -0.15) is 0 Å². The first kappa shape index (κ1) is 22.3. The van der Waals surface area contributed by atoms with E-state index in [1.807, 2.05) is 0 Å². The molecule has 6 N–H and O–H groups in total. The van der Waals surface area contributed by atoms with E-state index in [0.29, 0.717) is 0 Å². The van der Waals surface area contributed by atoms with Gasteiger partial charge in [0.1, 0.15) is 11.7 Å². The van der Waals surface area contributed by atoms with Crippen LogP contribution in [0.15, 0.2) is 10.5 Å². The minimum atomic E-state index is -1.49. The zero-order valence-electron chi connectivity index (χ0n) is 15.4. The van der Waals surface area contributed by atoms with Crippen LogP contribution in [0.25, 0.3) is 0 Å². The van der Waals surface area contributed by atoms with E-state index in [9.17, 15) is 19.5 Å². The fourth-order valence-corrected chi connectivity index (χ4v) is 2.28. The van der Waals surface area contributed by atoms with Gasteiger partial charge in [-0.1, -0.05) is 5.16 Å². The smallest absolute Gasteiger partial charge is 0.352 e. The number of nitrogens with zero attached hydrogens (tertiary/aromatic N) is 2. The molecule has 0 bridgehead atoms. The normalized spacial score (nSPS) is 14.2. The van der Waals surface area contributed by atoms with Crippen LogP contribution in [0, 0.1) is 0 Å². The highest BCUT2D eigenvalue weighted by Crippen LogP contribution is 2.16. The number of hydrogen-bond donors (Lipinski definition) is 4. The molecule has 1 heterocycles. The van der Waals surface area contributed by atoms with Gasteiger partial charge < -0.3 is 31.5 Å². The number of thiazole rings is 1. The zero-order chi connectivity index (χ0) is 20.8. The molecule has 0 fully saturated rings. The first-order valence-corrected chi connectivity index (χ1v) is 8.81. The molecule has 0 aliphatic heterocycles. The van der Waals surface area contributed by atoms with Crippen LogP contribution in [0.3, 0.4) is 0 Å². The summed E-state index contributed by atoms with van der Waals surface area (Å²) in [5, 5.41) is 16.7. The highest BCUT2D eigenvalue weighted by atomic mass is 32.1. The van der Waals surface area contributed by atoms with Crippen molar-refractivity contribution in [1.82, 2.24) is 10.3 Å². The zero-order valence-corrected chi connectivity index (χ0v) is 16.2. The van der Waals surface area contributed by atoms with Gasteiger partial charge in [0.2, 0.25) is 5.60 Å². The molecule has 0 aromatic carbocycles. The second-order valence-electron chi connectivity index (χ2n) is 5.98. The number of amides is 1. The molecule has 2 atom stereocenters. The molecule has 2 unspecified atom stereocenters. The molecule has 12 heteroatoms. The lowest BCUT2D eigenvalue weighted by Crippen LogP contribution is -2.53. The Morgan fingerprint density at radius 1 is 1.44 bits per heavy atom. The summed E-state index contributed by atoms with van der Waals surface area (Å²) in [4.78, 5) is 44.8. The summed E-state index contributed by atoms with van der Waals surface area (Å²) in [6.07, 6.45) is 0. The summed E-state index contributed by atoms with van der Waals surface area (Å²) in [5.41, 5.74) is 9.37. The van der Waals surface area contributed by atoms with Gasteiger partial charge >= 0.3 is 11.9 Å². The Hall–Kier alpha value is -2.73. The van der Waals surface area contributed by atoms with E-state index in [-0.39, 0.29) is 23.1 Å². The van der Waals surface area contributed by atoms with Crippen LogP contribution in [-0.4, -0.2) is 57.9 Å². The van der Waals surface area contributed by atoms with Crippen molar-refractivity contribution < 1.29 is 29.1 Å². The van der Waals surface area contributed by atoms with E-state index in [2.05, 4.69) is 15.5 Å². The lowest BCUT2D eigenvalue weighted by Gasteiger charge is -2.21. The monoisotopic (exact) mass is 401 g/mol. The number of carbonyl (C=O) groups is 3. The summed E-state index contributed by atoms with van der Waals surface area (Å²) in [7, 11) is 0. The predicted octanol–water partition coefficient (Wildman–Crippen LogP) is -0.296. The largest absolute Gasteiger partial charge is 0.480 e. The van der Waals surface area contributed by atoms with Crippen molar-refractivity contribution in [2.45, 2.75) is 45.4 Å². The van der Waals surface area contributed by atoms with E-state index < -0.39 is 35.5 Å². The van der Waals surface area contributed by atoms with Gasteiger partial charge in [-0.3, -0.25) is 4.79 Å². The Bertz CT molecular complexity index is 730. The molecule has 150 valence electrons. The Morgan fingerprint density at radius 3 is 2.52 bits per heavy atom. The maximum atomic E-state index is 12.6. The fourth-order valence-electron chi connectivity index (χ4n) is 1.73. The SMILES string of the molecule is CCOC(=O)C(C)(C)O/N=C(\C(=O)NC(C(=O)O)C(C)N)c1csc(N)n1. The quantitative estimate of drug-likeness (QED) is 0.245. The van der Waals surface area contributed by atoms with Crippen LogP contribution >= 0.6 is 11.3 Å². The molecule has 0 saturated carbocycles. The standard InChI is InChI=1S/C15H23N5O6S/c1-5-25-13(24)15(3,4)26-20-10(8-6-27-14(17)18-8)11(21)19-9(7(2)16)12(22)23/h6-7,9H,5,16H2,1-4H3,(H2,17,18)(H,19,21)(H,22,23)/b20-10-. The van der Waals surface area contributed by atoms with E-state index in [1.165, 1.54) is 26.2 Å². The van der Waals surface area contributed by atoms with E-state index in [4.69, 9.17) is 21.0 Å². The number of carboxylic acids is 1. The number of nitrogens with one attached hydrogen (secondary N) is 1. The van der Waals surface area contributed by atoms with E-state index in [0.717, 1.165) is 11.3 Å². The van der Waals surface area contributed by atoms with Crippen molar-refractivity contribution in [3.05, 3.63) is 11.1 Å². The Morgan fingerprint density at radius 2 is 2.07 bits per heavy atom. The maximum Gasteiger partial charge on any atom is 0.352 e. The number of carboxylic acid groups (broad SMARTS) is 1. The van der Waals surface area contributed by atoms with Crippen LogP contribution in [0.4, 0.5) is 5.13 Å². The molecule has 27 heavy (non-hydrogen) atoms. The topological polar surface area (TPSA) is 179 Å². The van der Waals surface area contributed by atoms with Crippen molar-refractivity contribution in [2.24, 2.45) is 10.9 Å². The van der Waals surface area contributed by atoms with Gasteiger partial charge in [-0.25, -0.2) is 14.6 Å².